The molecule has 8 nitrogen and oxygen atoms in total. The fourth-order valence-corrected chi connectivity index (χ4v) is 3.41. The van der Waals surface area contributed by atoms with E-state index < -0.39 is 5.91 Å². The fraction of sp³-hybridized carbons (Fsp3) is 0.263. The van der Waals surface area contributed by atoms with E-state index in [0.29, 0.717) is 29.9 Å². The second kappa shape index (κ2) is 6.71. The third-order valence-corrected chi connectivity index (χ3v) is 4.63. The summed E-state index contributed by atoms with van der Waals surface area (Å²) in [5.74, 6) is -0.836. The molecule has 0 radical (unpaired) electrons. The number of nitrogens with zero attached hydrogens (tertiary/aromatic N) is 5. The molecule has 0 unspecified atom stereocenters. The first-order valence-electron chi connectivity index (χ1n) is 8.91. The normalized spacial score (nSPS) is 13.7. The second-order valence-corrected chi connectivity index (χ2v) is 6.46. The van der Waals surface area contributed by atoms with Gasteiger partial charge in [0.2, 0.25) is 0 Å². The monoisotopic (exact) mass is 364 g/mol. The van der Waals surface area contributed by atoms with Crippen LogP contribution in [0.15, 0.2) is 42.7 Å². The molecule has 2 aromatic heterocycles. The Morgan fingerprint density at radius 2 is 2.00 bits per heavy atom. The summed E-state index contributed by atoms with van der Waals surface area (Å²) in [7, 11) is 0. The number of carbonyl (C=O) groups is 2. The first-order valence-corrected chi connectivity index (χ1v) is 8.91. The average Bonchev–Trinajstić information content (AvgIpc) is 3.28. The van der Waals surface area contributed by atoms with E-state index in [0.717, 1.165) is 18.7 Å². The lowest BCUT2D eigenvalue weighted by atomic mass is 10.0. The maximum atomic E-state index is 13.3. The topological polar surface area (TPSA) is 99.0 Å². The minimum absolute atomic E-state index is 0.148. The van der Waals surface area contributed by atoms with Crippen LogP contribution >= 0.6 is 0 Å². The van der Waals surface area contributed by atoms with E-state index in [2.05, 4.69) is 17.1 Å². The number of rotatable bonds is 5. The largest absolute Gasteiger partial charge is 0.364 e. The Labute approximate surface area is 156 Å². The molecule has 0 saturated carbocycles. The van der Waals surface area contributed by atoms with Crippen molar-refractivity contribution in [1.29, 1.82) is 0 Å². The van der Waals surface area contributed by atoms with E-state index >= 15 is 0 Å². The molecule has 2 N–H and O–H groups in total. The van der Waals surface area contributed by atoms with Gasteiger partial charge in [0.05, 0.1) is 12.4 Å². The third kappa shape index (κ3) is 2.88. The average molecular weight is 364 g/mol. The molecular weight excluding hydrogens is 344 g/mol. The number of carbonyl (C=O) groups excluding carboxylic acids is 2. The first-order chi connectivity index (χ1) is 13.1. The summed E-state index contributed by atoms with van der Waals surface area (Å²) in [6.07, 6.45) is 4.90. The van der Waals surface area contributed by atoms with Crippen molar-refractivity contribution in [2.24, 2.45) is 5.73 Å². The number of hydrogen-bond acceptors (Lipinski definition) is 4. The molecule has 0 saturated heterocycles. The first kappa shape index (κ1) is 17.0. The molecule has 3 heterocycles. The number of benzene rings is 1. The highest BCUT2D eigenvalue weighted by molar-refractivity contribution is 6.09. The molecule has 0 atom stereocenters. The van der Waals surface area contributed by atoms with E-state index in [1.807, 2.05) is 36.5 Å². The van der Waals surface area contributed by atoms with Crippen LogP contribution in [0.4, 0.5) is 5.69 Å². The molecular formula is C19H20N6O2. The van der Waals surface area contributed by atoms with Gasteiger partial charge in [0, 0.05) is 24.3 Å². The van der Waals surface area contributed by atoms with Crippen molar-refractivity contribution < 1.29 is 9.59 Å². The lowest BCUT2D eigenvalue weighted by Crippen LogP contribution is -2.39. The molecule has 1 aromatic carbocycles. The molecule has 3 aromatic rings. The van der Waals surface area contributed by atoms with E-state index in [4.69, 9.17) is 5.73 Å². The molecule has 8 heteroatoms. The predicted molar refractivity (Wildman–Crippen MR) is 100.0 cm³/mol. The number of primary amides is 1. The predicted octanol–water partition coefficient (Wildman–Crippen LogP) is 1.78. The number of fused-ring (bicyclic) bond motifs is 1. The van der Waals surface area contributed by atoms with Crippen molar-refractivity contribution in [2.75, 3.05) is 11.4 Å². The van der Waals surface area contributed by atoms with E-state index in [1.54, 1.807) is 15.8 Å². The molecule has 0 fully saturated rings. The van der Waals surface area contributed by atoms with Crippen LogP contribution in [0.1, 0.15) is 39.9 Å². The molecule has 0 bridgehead atoms. The minimum Gasteiger partial charge on any atom is -0.364 e. The van der Waals surface area contributed by atoms with Gasteiger partial charge in [-0.3, -0.25) is 14.3 Å². The Morgan fingerprint density at radius 1 is 1.22 bits per heavy atom. The summed E-state index contributed by atoms with van der Waals surface area (Å²) in [6, 6.07) is 9.45. The van der Waals surface area contributed by atoms with Crippen molar-refractivity contribution >= 4 is 17.5 Å². The van der Waals surface area contributed by atoms with Crippen LogP contribution in [0.2, 0.25) is 0 Å². The molecule has 4 rings (SSSR count). The maximum Gasteiger partial charge on any atom is 0.277 e. The van der Waals surface area contributed by atoms with Gasteiger partial charge in [0.1, 0.15) is 11.4 Å². The Morgan fingerprint density at radius 3 is 2.70 bits per heavy atom. The zero-order chi connectivity index (χ0) is 19.0. The van der Waals surface area contributed by atoms with Gasteiger partial charge in [0.25, 0.3) is 11.8 Å². The summed E-state index contributed by atoms with van der Waals surface area (Å²) < 4.78 is 3.28. The van der Waals surface area contributed by atoms with Crippen LogP contribution in [-0.4, -0.2) is 37.9 Å². The quantitative estimate of drug-likeness (QED) is 0.746. The van der Waals surface area contributed by atoms with Crippen molar-refractivity contribution in [3.63, 3.8) is 0 Å². The van der Waals surface area contributed by atoms with Crippen LogP contribution in [-0.2, 0) is 13.0 Å². The van der Waals surface area contributed by atoms with E-state index in [9.17, 15) is 9.59 Å². The van der Waals surface area contributed by atoms with Gasteiger partial charge in [0.15, 0.2) is 5.69 Å². The molecule has 1 aliphatic heterocycles. The summed E-state index contributed by atoms with van der Waals surface area (Å²) in [5.41, 5.74) is 8.07. The summed E-state index contributed by atoms with van der Waals surface area (Å²) in [4.78, 5) is 26.8. The van der Waals surface area contributed by atoms with E-state index in [1.165, 1.54) is 4.68 Å². The lowest BCUT2D eigenvalue weighted by molar-refractivity contribution is 0.0972. The Kier molecular flexibility index (Phi) is 4.23. The summed E-state index contributed by atoms with van der Waals surface area (Å²) in [5, 5.41) is 8.66. The molecule has 0 spiro atoms. The van der Waals surface area contributed by atoms with Crippen LogP contribution in [0.3, 0.4) is 0 Å². The molecule has 1 aliphatic rings. The standard InChI is InChI=1S/C19H20N6O2/c1-2-9-23-12-14(11-21-23)25-17-15(16(22-25)18(20)26)8-10-24(19(17)27)13-6-4-3-5-7-13/h3-7,11-12H,2,8-10H2,1H3,(H2,20,26). The van der Waals surface area contributed by atoms with Crippen molar-refractivity contribution in [3.05, 3.63) is 59.7 Å². The minimum atomic E-state index is -0.632. The molecule has 0 aliphatic carbocycles. The van der Waals surface area contributed by atoms with Crippen molar-refractivity contribution in [3.8, 4) is 5.69 Å². The van der Waals surface area contributed by atoms with E-state index in [-0.39, 0.29) is 11.6 Å². The second-order valence-electron chi connectivity index (χ2n) is 6.46. The van der Waals surface area contributed by atoms with Crippen LogP contribution in [0, 0.1) is 0 Å². The van der Waals surface area contributed by atoms with Crippen molar-refractivity contribution in [1.82, 2.24) is 19.6 Å². The van der Waals surface area contributed by atoms with Gasteiger partial charge in [-0.1, -0.05) is 25.1 Å². The number of anilines is 1. The third-order valence-electron chi connectivity index (χ3n) is 4.63. The van der Waals surface area contributed by atoms with Gasteiger partial charge in [-0.05, 0) is 25.0 Å². The zero-order valence-corrected chi connectivity index (χ0v) is 15.0. The number of nitrogens with two attached hydrogens (primary N) is 1. The number of hydrogen-bond donors (Lipinski definition) is 1. The van der Waals surface area contributed by atoms with Gasteiger partial charge < -0.3 is 10.6 Å². The molecule has 138 valence electrons. The number of aryl methyl sites for hydroxylation is 1. The number of amides is 2. The fourth-order valence-electron chi connectivity index (χ4n) is 3.41. The number of para-hydroxylation sites is 1. The highest BCUT2D eigenvalue weighted by Gasteiger charge is 2.34. The Hall–Kier alpha value is -3.42. The van der Waals surface area contributed by atoms with Gasteiger partial charge >= 0.3 is 0 Å². The highest BCUT2D eigenvalue weighted by atomic mass is 16.2. The van der Waals surface area contributed by atoms with Crippen LogP contribution < -0.4 is 10.6 Å². The Bertz CT molecular complexity index is 1000. The SMILES string of the molecule is CCCn1cc(-n2nc(C(N)=O)c3c2C(=O)N(c2ccccc2)CC3)cn1. The smallest absolute Gasteiger partial charge is 0.277 e. The van der Waals surface area contributed by atoms with Gasteiger partial charge in [-0.25, -0.2) is 4.68 Å². The van der Waals surface area contributed by atoms with Crippen LogP contribution in [0.25, 0.3) is 5.69 Å². The maximum absolute atomic E-state index is 13.3. The lowest BCUT2D eigenvalue weighted by Gasteiger charge is -2.27. The zero-order valence-electron chi connectivity index (χ0n) is 15.0. The van der Waals surface area contributed by atoms with Gasteiger partial charge in [-0.15, -0.1) is 0 Å². The molecule has 2 amide bonds. The summed E-state index contributed by atoms with van der Waals surface area (Å²) >= 11 is 0. The van der Waals surface area contributed by atoms with Crippen LogP contribution in [0.5, 0.6) is 0 Å². The summed E-state index contributed by atoms with van der Waals surface area (Å²) in [6.45, 7) is 3.29. The molecule has 27 heavy (non-hydrogen) atoms. The van der Waals surface area contributed by atoms with Gasteiger partial charge in [-0.2, -0.15) is 10.2 Å². The number of aromatic nitrogens is 4. The highest BCUT2D eigenvalue weighted by Crippen LogP contribution is 2.28. The Balaban J connectivity index is 1.82. The van der Waals surface area contributed by atoms with Crippen molar-refractivity contribution in [2.45, 2.75) is 26.3 Å².